The van der Waals surface area contributed by atoms with Gasteiger partial charge in [-0.05, 0) is 56.4 Å². The molecule has 0 fully saturated rings. The minimum absolute atomic E-state index is 0.00360. The largest absolute Gasteiger partial charge is 0.481 e. The summed E-state index contributed by atoms with van der Waals surface area (Å²) in [5.74, 6) is 0.542. The molecular formula is C18H24N2O4. The second-order valence-electron chi connectivity index (χ2n) is 6.65. The number of aliphatic hydroxyl groups excluding tert-OH is 1. The van der Waals surface area contributed by atoms with Gasteiger partial charge in [0.05, 0.1) is 12.6 Å². The normalized spacial score (nSPS) is 12.8. The van der Waals surface area contributed by atoms with E-state index in [1.165, 1.54) is 0 Å². The van der Waals surface area contributed by atoms with Crippen molar-refractivity contribution in [3.05, 3.63) is 35.9 Å². The van der Waals surface area contributed by atoms with Gasteiger partial charge in [-0.3, -0.25) is 0 Å². The van der Waals surface area contributed by atoms with Gasteiger partial charge in [-0.2, -0.15) is 0 Å². The minimum atomic E-state index is -1.05. The fraction of sp³-hybridized carbons (Fsp3) is 0.444. The summed E-state index contributed by atoms with van der Waals surface area (Å²) in [6.45, 7) is 3.64. The van der Waals surface area contributed by atoms with Crippen molar-refractivity contribution in [1.82, 2.24) is 10.3 Å². The van der Waals surface area contributed by atoms with Crippen molar-refractivity contribution in [1.29, 1.82) is 0 Å². The maximum absolute atomic E-state index is 10.9. The molecule has 1 aromatic heterocycles. The molecule has 0 aliphatic heterocycles. The second kappa shape index (κ2) is 7.49. The number of amides is 1. The van der Waals surface area contributed by atoms with E-state index in [0.717, 1.165) is 16.5 Å². The molecule has 0 saturated carbocycles. The molecule has 24 heavy (non-hydrogen) atoms. The maximum atomic E-state index is 10.9. The average Bonchev–Trinajstić information content (AvgIpc) is 2.52. The highest BCUT2D eigenvalue weighted by molar-refractivity contribution is 5.79. The number of pyridine rings is 1. The van der Waals surface area contributed by atoms with Crippen LogP contribution < -0.4 is 10.1 Å². The van der Waals surface area contributed by atoms with Crippen LogP contribution in [0.15, 0.2) is 30.3 Å². The van der Waals surface area contributed by atoms with E-state index in [4.69, 9.17) is 9.84 Å². The summed E-state index contributed by atoms with van der Waals surface area (Å²) >= 11 is 0. The predicted octanol–water partition coefficient (Wildman–Crippen LogP) is 2.83. The van der Waals surface area contributed by atoms with Crippen molar-refractivity contribution in [2.45, 2.75) is 32.2 Å². The van der Waals surface area contributed by atoms with Gasteiger partial charge in [0, 0.05) is 23.6 Å². The van der Waals surface area contributed by atoms with Crippen LogP contribution in [0.25, 0.3) is 10.9 Å². The smallest absolute Gasteiger partial charge is 0.405 e. The van der Waals surface area contributed by atoms with Gasteiger partial charge in [-0.15, -0.1) is 0 Å². The number of hydrogen-bond acceptors (Lipinski definition) is 4. The molecule has 2 aromatic rings. The Hall–Kier alpha value is -2.34. The molecule has 0 aliphatic carbocycles. The third kappa shape index (κ3) is 4.83. The van der Waals surface area contributed by atoms with Crippen molar-refractivity contribution in [3.8, 4) is 5.88 Å². The monoisotopic (exact) mass is 332 g/mol. The molecule has 1 heterocycles. The van der Waals surface area contributed by atoms with Crippen molar-refractivity contribution in [3.63, 3.8) is 0 Å². The van der Waals surface area contributed by atoms with Gasteiger partial charge < -0.3 is 20.3 Å². The second-order valence-corrected chi connectivity index (χ2v) is 6.65. The van der Waals surface area contributed by atoms with E-state index in [0.29, 0.717) is 18.7 Å². The highest BCUT2D eigenvalue weighted by Crippen LogP contribution is 2.23. The summed E-state index contributed by atoms with van der Waals surface area (Å²) in [6, 6.07) is 9.73. The van der Waals surface area contributed by atoms with E-state index in [1.807, 2.05) is 44.2 Å². The minimum Gasteiger partial charge on any atom is -0.481 e. The lowest BCUT2D eigenvalue weighted by Gasteiger charge is -2.29. The fourth-order valence-electron chi connectivity index (χ4n) is 2.99. The van der Waals surface area contributed by atoms with Crippen LogP contribution in [-0.2, 0) is 6.42 Å². The number of ether oxygens (including phenoxy) is 1. The lowest BCUT2D eigenvalue weighted by atomic mass is 9.87. The van der Waals surface area contributed by atoms with Crippen LogP contribution in [-0.4, -0.2) is 40.5 Å². The van der Waals surface area contributed by atoms with Gasteiger partial charge in [0.25, 0.3) is 0 Å². The van der Waals surface area contributed by atoms with Gasteiger partial charge in [0.2, 0.25) is 5.88 Å². The van der Waals surface area contributed by atoms with Crippen LogP contribution >= 0.6 is 0 Å². The van der Waals surface area contributed by atoms with E-state index in [1.54, 1.807) is 7.11 Å². The summed E-state index contributed by atoms with van der Waals surface area (Å²) < 4.78 is 5.12. The number of nitrogens with one attached hydrogen (secondary N) is 1. The number of aromatic nitrogens is 1. The quantitative estimate of drug-likeness (QED) is 0.725. The first-order valence-corrected chi connectivity index (χ1v) is 7.88. The number of hydrogen-bond donors (Lipinski definition) is 3. The van der Waals surface area contributed by atoms with Crippen molar-refractivity contribution < 1.29 is 19.7 Å². The molecule has 2 rings (SSSR count). The highest BCUT2D eigenvalue weighted by atomic mass is 16.5. The molecule has 0 radical (unpaired) electrons. The highest BCUT2D eigenvalue weighted by Gasteiger charge is 2.25. The molecule has 1 amide bonds. The van der Waals surface area contributed by atoms with Crippen molar-refractivity contribution >= 4 is 17.0 Å². The number of carbonyl (C=O) groups is 1. The molecule has 6 heteroatoms. The van der Waals surface area contributed by atoms with Gasteiger partial charge >= 0.3 is 6.09 Å². The Kier molecular flexibility index (Phi) is 5.62. The summed E-state index contributed by atoms with van der Waals surface area (Å²) in [5.41, 5.74) is 1.34. The summed E-state index contributed by atoms with van der Waals surface area (Å²) in [6.07, 6.45) is 0.167. The number of fused-ring (bicyclic) bond motifs is 1. The maximum Gasteiger partial charge on any atom is 0.405 e. The lowest BCUT2D eigenvalue weighted by molar-refractivity contribution is 0.160. The third-order valence-electron chi connectivity index (χ3n) is 3.96. The Bertz CT molecular complexity index is 715. The molecule has 0 bridgehead atoms. The van der Waals surface area contributed by atoms with Gasteiger partial charge in [-0.1, -0.05) is 6.07 Å². The van der Waals surface area contributed by atoms with E-state index in [9.17, 15) is 9.90 Å². The Balaban J connectivity index is 2.12. The molecule has 0 unspecified atom stereocenters. The first-order chi connectivity index (χ1) is 11.3. The average molecular weight is 332 g/mol. The van der Waals surface area contributed by atoms with Crippen molar-refractivity contribution in [2.24, 2.45) is 5.92 Å². The Morgan fingerprint density at radius 1 is 1.33 bits per heavy atom. The standard InChI is InChI=1S/C18H24N2O4/c1-18(2,20-17(22)23)10-13(11-21)8-12-4-6-15-14(9-12)5-7-16(19-15)24-3/h4-7,9,13,20-21H,8,10-11H2,1-3H3,(H,22,23)/t13-/m0/s1. The molecule has 130 valence electrons. The van der Waals surface area contributed by atoms with E-state index < -0.39 is 11.6 Å². The van der Waals surface area contributed by atoms with Crippen molar-refractivity contribution in [2.75, 3.05) is 13.7 Å². The topological polar surface area (TPSA) is 91.7 Å². The zero-order chi connectivity index (χ0) is 17.7. The number of benzene rings is 1. The number of aliphatic hydroxyl groups is 1. The van der Waals surface area contributed by atoms with Crippen LogP contribution in [0.1, 0.15) is 25.8 Å². The molecule has 6 nitrogen and oxygen atoms in total. The van der Waals surface area contributed by atoms with E-state index in [2.05, 4.69) is 10.3 Å². The Morgan fingerprint density at radius 3 is 2.71 bits per heavy atom. The first-order valence-electron chi connectivity index (χ1n) is 7.88. The molecular weight excluding hydrogens is 308 g/mol. The predicted molar refractivity (Wildman–Crippen MR) is 92.4 cm³/mol. The summed E-state index contributed by atoms with van der Waals surface area (Å²) in [4.78, 5) is 15.2. The van der Waals surface area contributed by atoms with E-state index >= 15 is 0 Å². The first kappa shape index (κ1) is 18.0. The number of nitrogens with zero attached hydrogens (tertiary/aromatic N) is 1. The van der Waals surface area contributed by atoms with Crippen LogP contribution in [0.5, 0.6) is 5.88 Å². The van der Waals surface area contributed by atoms with Gasteiger partial charge in [0.15, 0.2) is 0 Å². The number of rotatable bonds is 7. The molecule has 0 spiro atoms. The van der Waals surface area contributed by atoms with Crippen LogP contribution in [0.2, 0.25) is 0 Å². The molecule has 0 saturated heterocycles. The zero-order valence-corrected chi connectivity index (χ0v) is 14.2. The molecule has 1 atom stereocenters. The van der Waals surface area contributed by atoms with Crippen LogP contribution in [0.3, 0.4) is 0 Å². The molecule has 0 aliphatic rings. The number of carboxylic acid groups (broad SMARTS) is 1. The Labute approximate surface area is 141 Å². The van der Waals surface area contributed by atoms with E-state index in [-0.39, 0.29) is 12.5 Å². The lowest BCUT2D eigenvalue weighted by Crippen LogP contribution is -2.44. The van der Waals surface area contributed by atoms with Crippen LogP contribution in [0.4, 0.5) is 4.79 Å². The fourth-order valence-corrected chi connectivity index (χ4v) is 2.99. The van der Waals surface area contributed by atoms with Gasteiger partial charge in [-0.25, -0.2) is 9.78 Å². The molecule has 3 N–H and O–H groups in total. The van der Waals surface area contributed by atoms with Crippen LogP contribution in [0, 0.1) is 5.92 Å². The Morgan fingerprint density at radius 2 is 2.08 bits per heavy atom. The third-order valence-corrected chi connectivity index (χ3v) is 3.96. The summed E-state index contributed by atoms with van der Waals surface area (Å²) in [5, 5.41) is 22.1. The SMILES string of the molecule is COc1ccc2cc(C[C@H](CO)CC(C)(C)NC(=O)O)ccc2n1. The van der Waals surface area contributed by atoms with Gasteiger partial charge in [0.1, 0.15) is 0 Å². The zero-order valence-electron chi connectivity index (χ0n) is 14.2. The number of methoxy groups -OCH3 is 1. The molecule has 1 aromatic carbocycles. The summed E-state index contributed by atoms with van der Waals surface area (Å²) in [7, 11) is 1.58.